The van der Waals surface area contributed by atoms with Crippen LogP contribution in [0.1, 0.15) is 31.1 Å². The number of hydrogen-bond acceptors (Lipinski definition) is 6. The molecule has 0 atom stereocenters. The van der Waals surface area contributed by atoms with Crippen molar-refractivity contribution in [3.8, 4) is 11.5 Å². The monoisotopic (exact) mass is 434 g/mol. The van der Waals surface area contributed by atoms with Crippen LogP contribution in [0.4, 0.5) is 11.4 Å². The Morgan fingerprint density at radius 3 is 1.72 bits per heavy atom. The van der Waals surface area contributed by atoms with Gasteiger partial charge in [-0.05, 0) is 54.6 Å². The first kappa shape index (κ1) is 22.4. The molecule has 0 fully saturated rings. The second kappa shape index (κ2) is 10.1. The zero-order valence-corrected chi connectivity index (χ0v) is 17.8. The molecule has 0 aliphatic carbocycles. The highest BCUT2D eigenvalue weighted by Crippen LogP contribution is 2.28. The van der Waals surface area contributed by atoms with Crippen molar-refractivity contribution in [2.45, 2.75) is 0 Å². The van der Waals surface area contributed by atoms with Gasteiger partial charge in [-0.25, -0.2) is 4.79 Å². The molecule has 0 unspecified atom stereocenters. The molecule has 0 saturated heterocycles. The van der Waals surface area contributed by atoms with E-state index in [-0.39, 0.29) is 5.91 Å². The lowest BCUT2D eigenvalue weighted by Crippen LogP contribution is -2.15. The molecule has 8 heteroatoms. The molecule has 0 aliphatic rings. The summed E-state index contributed by atoms with van der Waals surface area (Å²) >= 11 is 0. The van der Waals surface area contributed by atoms with Gasteiger partial charge in [-0.1, -0.05) is 12.1 Å². The summed E-state index contributed by atoms with van der Waals surface area (Å²) in [5.41, 5.74) is 1.91. The van der Waals surface area contributed by atoms with E-state index in [0.29, 0.717) is 39.6 Å². The minimum absolute atomic E-state index is 0.321. The summed E-state index contributed by atoms with van der Waals surface area (Å²) in [6.07, 6.45) is 0. The van der Waals surface area contributed by atoms with Crippen LogP contribution in [0.15, 0.2) is 66.7 Å². The number of ether oxygens (including phenoxy) is 3. The fraction of sp³-hybridized carbons (Fsp3) is 0.125. The van der Waals surface area contributed by atoms with Gasteiger partial charge < -0.3 is 24.8 Å². The number of nitrogens with one attached hydrogen (secondary N) is 2. The standard InChI is InChI=1S/C24H22N2O6/c1-30-20-11-10-16(14-21(20)31-2)23(28)25-18-8-4-6-15(12-18)22(27)26-19-9-5-7-17(13-19)24(29)32-3/h4-14H,1-3H3,(H,25,28)(H,26,27). The SMILES string of the molecule is COC(=O)c1cccc(NC(=O)c2cccc(NC(=O)c3ccc(OC)c(OC)c3)c2)c1. The van der Waals surface area contributed by atoms with Crippen molar-refractivity contribution < 1.29 is 28.6 Å². The summed E-state index contributed by atoms with van der Waals surface area (Å²) in [6.45, 7) is 0. The molecule has 0 bridgehead atoms. The summed E-state index contributed by atoms with van der Waals surface area (Å²) in [7, 11) is 4.29. The maximum atomic E-state index is 12.7. The van der Waals surface area contributed by atoms with E-state index in [1.54, 1.807) is 60.7 Å². The van der Waals surface area contributed by atoms with Crippen molar-refractivity contribution in [2.75, 3.05) is 32.0 Å². The number of carbonyl (C=O) groups is 3. The van der Waals surface area contributed by atoms with Crippen LogP contribution in [-0.4, -0.2) is 39.1 Å². The van der Waals surface area contributed by atoms with Crippen LogP contribution < -0.4 is 20.1 Å². The van der Waals surface area contributed by atoms with Crippen LogP contribution in [-0.2, 0) is 4.74 Å². The van der Waals surface area contributed by atoms with Crippen LogP contribution in [0.25, 0.3) is 0 Å². The van der Waals surface area contributed by atoms with Gasteiger partial charge in [0.15, 0.2) is 11.5 Å². The molecule has 2 amide bonds. The molecule has 3 rings (SSSR count). The third kappa shape index (κ3) is 5.23. The highest BCUT2D eigenvalue weighted by atomic mass is 16.5. The molecule has 3 aromatic carbocycles. The van der Waals surface area contributed by atoms with Crippen LogP contribution in [0.3, 0.4) is 0 Å². The summed E-state index contributed by atoms with van der Waals surface area (Å²) < 4.78 is 15.1. The molecule has 0 aliphatic heterocycles. The van der Waals surface area contributed by atoms with Gasteiger partial charge in [0, 0.05) is 22.5 Å². The fourth-order valence-electron chi connectivity index (χ4n) is 2.96. The molecular weight excluding hydrogens is 412 g/mol. The lowest BCUT2D eigenvalue weighted by Gasteiger charge is -2.11. The van der Waals surface area contributed by atoms with Gasteiger partial charge in [0.1, 0.15) is 0 Å². The van der Waals surface area contributed by atoms with Crippen LogP contribution >= 0.6 is 0 Å². The highest BCUT2D eigenvalue weighted by Gasteiger charge is 2.13. The zero-order chi connectivity index (χ0) is 23.1. The third-order valence-corrected chi connectivity index (χ3v) is 4.57. The first-order chi connectivity index (χ1) is 15.4. The van der Waals surface area contributed by atoms with Crippen molar-refractivity contribution in [1.29, 1.82) is 0 Å². The molecule has 0 spiro atoms. The van der Waals surface area contributed by atoms with E-state index >= 15 is 0 Å². The Labute approximate surface area is 185 Å². The Morgan fingerprint density at radius 2 is 1.16 bits per heavy atom. The lowest BCUT2D eigenvalue weighted by molar-refractivity contribution is 0.0600. The maximum Gasteiger partial charge on any atom is 0.337 e. The molecule has 0 saturated carbocycles. The maximum absolute atomic E-state index is 12.7. The van der Waals surface area contributed by atoms with Crippen molar-refractivity contribution in [1.82, 2.24) is 0 Å². The first-order valence-electron chi connectivity index (χ1n) is 9.58. The Kier molecular flexibility index (Phi) is 7.07. The van der Waals surface area contributed by atoms with E-state index < -0.39 is 11.9 Å². The van der Waals surface area contributed by atoms with Gasteiger partial charge in [0.25, 0.3) is 11.8 Å². The molecule has 2 N–H and O–H groups in total. The Hall–Kier alpha value is -4.33. The normalized spacial score (nSPS) is 10.1. The smallest absolute Gasteiger partial charge is 0.337 e. The summed E-state index contributed by atoms with van der Waals surface area (Å²) in [6, 6.07) is 17.7. The molecule has 0 radical (unpaired) electrons. The summed E-state index contributed by atoms with van der Waals surface area (Å²) in [4.78, 5) is 37.0. The van der Waals surface area contributed by atoms with E-state index in [9.17, 15) is 14.4 Å². The number of rotatable bonds is 7. The van der Waals surface area contributed by atoms with Gasteiger partial charge in [0.2, 0.25) is 0 Å². The van der Waals surface area contributed by atoms with Crippen molar-refractivity contribution in [3.05, 3.63) is 83.4 Å². The summed E-state index contributed by atoms with van der Waals surface area (Å²) in [5.74, 6) is -0.314. The van der Waals surface area contributed by atoms with Gasteiger partial charge in [0.05, 0.1) is 26.9 Å². The Morgan fingerprint density at radius 1 is 0.625 bits per heavy atom. The van der Waals surface area contributed by atoms with Crippen LogP contribution in [0.5, 0.6) is 11.5 Å². The first-order valence-corrected chi connectivity index (χ1v) is 9.58. The highest BCUT2D eigenvalue weighted by molar-refractivity contribution is 6.07. The van der Waals surface area contributed by atoms with Crippen LogP contribution in [0, 0.1) is 0 Å². The summed E-state index contributed by atoms with van der Waals surface area (Å²) in [5, 5.41) is 5.49. The Balaban J connectivity index is 1.73. The second-order valence-electron chi connectivity index (χ2n) is 6.63. The fourth-order valence-corrected chi connectivity index (χ4v) is 2.96. The van der Waals surface area contributed by atoms with E-state index in [0.717, 1.165) is 0 Å². The molecule has 0 aromatic heterocycles. The molecule has 32 heavy (non-hydrogen) atoms. The average Bonchev–Trinajstić information content (AvgIpc) is 2.83. The molecule has 3 aromatic rings. The van der Waals surface area contributed by atoms with E-state index in [1.807, 2.05) is 0 Å². The minimum atomic E-state index is -0.499. The third-order valence-electron chi connectivity index (χ3n) is 4.57. The van der Waals surface area contributed by atoms with Gasteiger partial charge in [-0.3, -0.25) is 9.59 Å². The quantitative estimate of drug-likeness (QED) is 0.545. The van der Waals surface area contributed by atoms with Crippen molar-refractivity contribution in [2.24, 2.45) is 0 Å². The molecule has 8 nitrogen and oxygen atoms in total. The second-order valence-corrected chi connectivity index (χ2v) is 6.63. The molecule has 164 valence electrons. The number of benzene rings is 3. The minimum Gasteiger partial charge on any atom is -0.493 e. The Bertz CT molecular complexity index is 1160. The number of anilines is 2. The van der Waals surface area contributed by atoms with Crippen molar-refractivity contribution >= 4 is 29.2 Å². The van der Waals surface area contributed by atoms with Gasteiger partial charge >= 0.3 is 5.97 Å². The topological polar surface area (TPSA) is 103 Å². The molecule has 0 heterocycles. The number of amides is 2. The van der Waals surface area contributed by atoms with Gasteiger partial charge in [-0.15, -0.1) is 0 Å². The van der Waals surface area contributed by atoms with Crippen molar-refractivity contribution in [3.63, 3.8) is 0 Å². The van der Waals surface area contributed by atoms with E-state index in [1.165, 1.54) is 27.4 Å². The zero-order valence-electron chi connectivity index (χ0n) is 17.8. The van der Waals surface area contributed by atoms with Gasteiger partial charge in [-0.2, -0.15) is 0 Å². The predicted molar refractivity (Wildman–Crippen MR) is 120 cm³/mol. The number of methoxy groups -OCH3 is 3. The molecular formula is C24H22N2O6. The number of hydrogen-bond donors (Lipinski definition) is 2. The lowest BCUT2D eigenvalue weighted by atomic mass is 10.1. The van der Waals surface area contributed by atoms with E-state index in [2.05, 4.69) is 10.6 Å². The van der Waals surface area contributed by atoms with E-state index in [4.69, 9.17) is 14.2 Å². The number of esters is 1. The van der Waals surface area contributed by atoms with Crippen LogP contribution in [0.2, 0.25) is 0 Å². The predicted octanol–water partition coefficient (Wildman–Crippen LogP) is 4.00. The number of carbonyl (C=O) groups excluding carboxylic acids is 3. The largest absolute Gasteiger partial charge is 0.493 e. The average molecular weight is 434 g/mol.